The Morgan fingerprint density at radius 1 is 1.21 bits per heavy atom. The summed E-state index contributed by atoms with van der Waals surface area (Å²) in [7, 11) is 0. The molecule has 0 aliphatic carbocycles. The maximum atomic E-state index is 12.0. The number of nitrogens with zero attached hydrogens (tertiary/aromatic N) is 4. The first-order valence-electron chi connectivity index (χ1n) is 9.84. The zero-order valence-electron chi connectivity index (χ0n) is 17.2. The number of hydrogen-bond acceptors (Lipinski definition) is 10. The number of amides is 1. The lowest BCUT2D eigenvalue weighted by Crippen LogP contribution is -2.35. The fourth-order valence-corrected chi connectivity index (χ4v) is 3.82. The van der Waals surface area contributed by atoms with Gasteiger partial charge in [-0.1, -0.05) is 35.0 Å². The maximum Gasteiger partial charge on any atom is 0.277 e. The lowest BCUT2D eigenvalue weighted by molar-refractivity contribution is -0.118. The van der Waals surface area contributed by atoms with E-state index in [1.807, 2.05) is 6.07 Å². The Morgan fingerprint density at radius 3 is 2.88 bits per heavy atom. The van der Waals surface area contributed by atoms with Gasteiger partial charge in [-0.05, 0) is 24.3 Å². The molecule has 0 unspecified atom stereocenters. The number of furan rings is 1. The van der Waals surface area contributed by atoms with E-state index < -0.39 is 0 Å². The van der Waals surface area contributed by atoms with Gasteiger partial charge in [-0.25, -0.2) is 5.43 Å². The number of carbonyl (C=O) groups excluding carboxylic acids is 1. The number of carbonyl (C=O) groups is 1. The third-order valence-corrected chi connectivity index (χ3v) is 5.69. The molecule has 0 atom stereocenters. The Bertz CT molecular complexity index is 1120. The average Bonchev–Trinajstić information content (AvgIpc) is 3.47. The third kappa shape index (κ3) is 6.87. The van der Waals surface area contributed by atoms with Crippen molar-refractivity contribution in [1.29, 1.82) is 0 Å². The summed E-state index contributed by atoms with van der Waals surface area (Å²) < 4.78 is 22.0. The second-order valence-electron chi connectivity index (χ2n) is 6.68. The largest absolute Gasteiger partial charge is 0.482 e. The molecule has 4 rings (SSSR count). The Hall–Kier alpha value is -2.73. The van der Waals surface area contributed by atoms with E-state index in [4.69, 9.17) is 41.5 Å². The van der Waals surface area contributed by atoms with Crippen LogP contribution in [0.25, 0.3) is 0 Å². The van der Waals surface area contributed by atoms with Gasteiger partial charge in [0.1, 0.15) is 11.5 Å². The number of aromatic nitrogens is 2. The fourth-order valence-electron chi connectivity index (χ4n) is 2.78. The van der Waals surface area contributed by atoms with Crippen molar-refractivity contribution in [2.24, 2.45) is 5.10 Å². The normalized spacial score (nSPS) is 14.1. The maximum absolute atomic E-state index is 12.0. The summed E-state index contributed by atoms with van der Waals surface area (Å²) in [5.41, 5.74) is 2.43. The highest BCUT2D eigenvalue weighted by atomic mass is 35.5. The quantitative estimate of drug-likeness (QED) is 0.261. The van der Waals surface area contributed by atoms with E-state index >= 15 is 0 Å². The molecule has 174 valence electrons. The molecule has 1 aromatic carbocycles. The van der Waals surface area contributed by atoms with E-state index in [2.05, 4.69) is 25.6 Å². The molecule has 0 spiro atoms. The van der Waals surface area contributed by atoms with Gasteiger partial charge in [-0.15, -0.1) is 10.2 Å². The van der Waals surface area contributed by atoms with Crippen LogP contribution in [0, 0.1) is 0 Å². The molecule has 1 amide bonds. The van der Waals surface area contributed by atoms with E-state index in [0.717, 1.165) is 30.7 Å². The van der Waals surface area contributed by atoms with Crippen LogP contribution in [0.5, 0.6) is 5.75 Å². The molecule has 2 aromatic heterocycles. The zero-order chi connectivity index (χ0) is 23.0. The molecule has 13 heteroatoms. The molecule has 10 nitrogen and oxygen atoms in total. The number of benzene rings is 1. The van der Waals surface area contributed by atoms with Crippen molar-refractivity contribution < 1.29 is 23.1 Å². The number of morpholine rings is 1. The van der Waals surface area contributed by atoms with E-state index in [1.54, 1.807) is 24.3 Å². The molecular weight excluding hydrogens is 493 g/mol. The van der Waals surface area contributed by atoms with Crippen LogP contribution >= 0.6 is 35.0 Å². The second kappa shape index (κ2) is 11.4. The standard InChI is InChI=1S/C20H19Cl2N5O5S/c21-13-1-3-16(15(22)9-13)30-11-18-25-26-20(32-18)33-12-17(28)24-23-10-14-2-4-19(31-14)27-5-7-29-8-6-27/h1-4,9-10H,5-8,11-12H2,(H,24,28)/b23-10-. The molecule has 1 fully saturated rings. The second-order valence-corrected chi connectivity index (χ2v) is 8.45. The van der Waals surface area contributed by atoms with Crippen molar-refractivity contribution in [2.45, 2.75) is 11.8 Å². The van der Waals surface area contributed by atoms with Crippen molar-refractivity contribution in [3.63, 3.8) is 0 Å². The van der Waals surface area contributed by atoms with E-state index in [1.165, 1.54) is 6.21 Å². The van der Waals surface area contributed by atoms with Crippen LogP contribution < -0.4 is 15.1 Å². The predicted molar refractivity (Wildman–Crippen MR) is 123 cm³/mol. The van der Waals surface area contributed by atoms with E-state index in [0.29, 0.717) is 34.8 Å². The molecule has 0 saturated carbocycles. The Morgan fingerprint density at radius 2 is 2.06 bits per heavy atom. The fraction of sp³-hybridized carbons (Fsp3) is 0.300. The summed E-state index contributed by atoms with van der Waals surface area (Å²) in [4.78, 5) is 14.1. The molecular formula is C20H19Cl2N5O5S. The van der Waals surface area contributed by atoms with Crippen LogP contribution in [0.1, 0.15) is 11.7 Å². The minimum atomic E-state index is -0.333. The molecule has 1 N–H and O–H groups in total. The van der Waals surface area contributed by atoms with Crippen LogP contribution in [0.2, 0.25) is 10.0 Å². The molecule has 33 heavy (non-hydrogen) atoms. The predicted octanol–water partition coefficient (Wildman–Crippen LogP) is 3.63. The molecule has 3 heterocycles. The van der Waals surface area contributed by atoms with Gasteiger partial charge in [0, 0.05) is 24.2 Å². The van der Waals surface area contributed by atoms with Crippen molar-refractivity contribution in [1.82, 2.24) is 15.6 Å². The zero-order valence-corrected chi connectivity index (χ0v) is 19.5. The van der Waals surface area contributed by atoms with Gasteiger partial charge in [0.25, 0.3) is 17.0 Å². The lowest BCUT2D eigenvalue weighted by Gasteiger charge is -2.26. The molecule has 0 radical (unpaired) electrons. The van der Waals surface area contributed by atoms with Crippen molar-refractivity contribution in [3.8, 4) is 5.75 Å². The summed E-state index contributed by atoms with van der Waals surface area (Å²) >= 11 is 13.0. The van der Waals surface area contributed by atoms with Crippen LogP contribution in [0.3, 0.4) is 0 Å². The van der Waals surface area contributed by atoms with Gasteiger partial charge >= 0.3 is 0 Å². The van der Waals surface area contributed by atoms with Crippen molar-refractivity contribution in [3.05, 3.63) is 52.0 Å². The number of halogens is 2. The van der Waals surface area contributed by atoms with Crippen LogP contribution in [-0.4, -0.2) is 54.4 Å². The Balaban J connectivity index is 1.18. The number of hydrogen-bond donors (Lipinski definition) is 1. The number of thioether (sulfide) groups is 1. The number of nitrogens with one attached hydrogen (secondary N) is 1. The summed E-state index contributed by atoms with van der Waals surface area (Å²) in [5, 5.41) is 12.8. The number of ether oxygens (including phenoxy) is 2. The summed E-state index contributed by atoms with van der Waals surface area (Å²) in [6, 6.07) is 8.53. The Labute approximate surface area is 203 Å². The summed E-state index contributed by atoms with van der Waals surface area (Å²) in [6.45, 7) is 2.92. The minimum Gasteiger partial charge on any atom is -0.482 e. The van der Waals surface area contributed by atoms with Gasteiger partial charge in [0.05, 0.1) is 30.2 Å². The molecule has 1 aliphatic rings. The molecule has 3 aromatic rings. The number of hydrazone groups is 1. The summed E-state index contributed by atoms with van der Waals surface area (Å²) in [6.07, 6.45) is 1.44. The summed E-state index contributed by atoms with van der Waals surface area (Å²) in [5.74, 6) is 1.68. The van der Waals surface area contributed by atoms with Crippen LogP contribution in [0.4, 0.5) is 5.88 Å². The van der Waals surface area contributed by atoms with Gasteiger partial charge in [-0.3, -0.25) is 4.79 Å². The van der Waals surface area contributed by atoms with Gasteiger partial charge in [0.2, 0.25) is 0 Å². The molecule has 1 saturated heterocycles. The average molecular weight is 512 g/mol. The first-order chi connectivity index (χ1) is 16.1. The SMILES string of the molecule is O=C(CSc1nnc(COc2ccc(Cl)cc2Cl)o1)N/N=C\c1ccc(N2CCOCC2)o1. The highest BCUT2D eigenvalue weighted by Crippen LogP contribution is 2.28. The third-order valence-electron chi connectivity index (χ3n) is 4.34. The topological polar surface area (TPSA) is 115 Å². The lowest BCUT2D eigenvalue weighted by atomic mass is 10.3. The number of anilines is 1. The Kier molecular flexibility index (Phi) is 8.10. The first-order valence-corrected chi connectivity index (χ1v) is 11.6. The minimum absolute atomic E-state index is 0.0288. The monoisotopic (exact) mass is 511 g/mol. The highest BCUT2D eigenvalue weighted by molar-refractivity contribution is 7.99. The molecule has 0 bridgehead atoms. The van der Waals surface area contributed by atoms with Crippen LogP contribution in [0.15, 0.2) is 49.5 Å². The van der Waals surface area contributed by atoms with Crippen molar-refractivity contribution >= 4 is 53.0 Å². The van der Waals surface area contributed by atoms with Gasteiger partial charge < -0.3 is 23.2 Å². The van der Waals surface area contributed by atoms with Gasteiger partial charge in [-0.2, -0.15) is 5.10 Å². The first kappa shape index (κ1) is 23.4. The number of rotatable bonds is 9. The molecule has 1 aliphatic heterocycles. The van der Waals surface area contributed by atoms with E-state index in [9.17, 15) is 4.79 Å². The highest BCUT2D eigenvalue weighted by Gasteiger charge is 2.14. The van der Waals surface area contributed by atoms with Gasteiger partial charge in [0.15, 0.2) is 12.5 Å². The smallest absolute Gasteiger partial charge is 0.277 e. The van der Waals surface area contributed by atoms with Crippen LogP contribution in [-0.2, 0) is 16.1 Å². The van der Waals surface area contributed by atoms with Crippen molar-refractivity contribution in [2.75, 3.05) is 37.0 Å². The van der Waals surface area contributed by atoms with E-state index in [-0.39, 0.29) is 29.4 Å².